The highest BCUT2D eigenvalue weighted by atomic mass is 16.4. The molecule has 0 aromatic heterocycles. The number of amides is 2. The van der Waals surface area contributed by atoms with E-state index in [0.717, 1.165) is 57.8 Å². The molecule has 26 heavy (non-hydrogen) atoms. The number of likely N-dealkylation sites (tertiary alicyclic amines) is 1. The van der Waals surface area contributed by atoms with Gasteiger partial charge in [-0.15, -0.1) is 0 Å². The van der Waals surface area contributed by atoms with Crippen LogP contribution in [0.25, 0.3) is 0 Å². The van der Waals surface area contributed by atoms with Crippen LogP contribution in [0.15, 0.2) is 0 Å². The van der Waals surface area contributed by atoms with E-state index in [-0.39, 0.29) is 35.7 Å². The summed E-state index contributed by atoms with van der Waals surface area (Å²) in [5.41, 5.74) is 0. The smallest absolute Gasteiger partial charge is 0.308 e. The van der Waals surface area contributed by atoms with Crippen molar-refractivity contribution in [2.45, 2.75) is 83.2 Å². The largest absolute Gasteiger partial charge is 0.481 e. The molecule has 2 N–H and O–H groups in total. The van der Waals surface area contributed by atoms with Gasteiger partial charge in [-0.1, -0.05) is 12.8 Å². The average Bonchev–Trinajstić information content (AvgIpc) is 3.16. The first-order chi connectivity index (χ1) is 12.5. The molecule has 1 heterocycles. The average molecular weight is 364 g/mol. The van der Waals surface area contributed by atoms with Crippen molar-refractivity contribution in [1.82, 2.24) is 10.2 Å². The van der Waals surface area contributed by atoms with Gasteiger partial charge in [0.15, 0.2) is 0 Å². The fourth-order valence-electron chi connectivity index (χ4n) is 5.01. The highest BCUT2D eigenvalue weighted by Gasteiger charge is 2.38. The van der Waals surface area contributed by atoms with Gasteiger partial charge in [-0.05, 0) is 58.3 Å². The lowest BCUT2D eigenvalue weighted by atomic mass is 9.83. The number of piperidine rings is 1. The van der Waals surface area contributed by atoms with Crippen LogP contribution in [0.2, 0.25) is 0 Å². The van der Waals surface area contributed by atoms with Gasteiger partial charge in [0, 0.05) is 30.5 Å². The third kappa shape index (κ3) is 4.21. The second-order valence-corrected chi connectivity index (χ2v) is 8.40. The van der Waals surface area contributed by atoms with Crippen LogP contribution in [0.1, 0.15) is 71.1 Å². The molecule has 3 aliphatic rings. The van der Waals surface area contributed by atoms with Crippen molar-refractivity contribution in [2.75, 3.05) is 6.54 Å². The number of aliphatic carboxylic acids is 1. The normalized spacial score (nSPS) is 33.0. The third-order valence-electron chi connectivity index (χ3n) is 6.74. The van der Waals surface area contributed by atoms with E-state index >= 15 is 0 Å². The van der Waals surface area contributed by atoms with Gasteiger partial charge in [-0.2, -0.15) is 0 Å². The van der Waals surface area contributed by atoms with Crippen molar-refractivity contribution in [1.29, 1.82) is 0 Å². The topological polar surface area (TPSA) is 86.7 Å². The summed E-state index contributed by atoms with van der Waals surface area (Å²) < 4.78 is 0. The molecule has 3 rings (SSSR count). The molecule has 0 unspecified atom stereocenters. The minimum absolute atomic E-state index is 0.0235. The summed E-state index contributed by atoms with van der Waals surface area (Å²) in [4.78, 5) is 38.4. The maximum Gasteiger partial charge on any atom is 0.308 e. The number of carbonyl (C=O) groups is 3. The van der Waals surface area contributed by atoms with E-state index in [1.807, 2.05) is 6.92 Å². The van der Waals surface area contributed by atoms with Crippen LogP contribution < -0.4 is 5.32 Å². The van der Waals surface area contributed by atoms with Crippen LogP contribution in [0, 0.1) is 17.8 Å². The van der Waals surface area contributed by atoms with Crippen molar-refractivity contribution in [3.05, 3.63) is 0 Å². The highest BCUT2D eigenvalue weighted by Crippen LogP contribution is 2.31. The molecule has 6 nitrogen and oxygen atoms in total. The zero-order chi connectivity index (χ0) is 18.7. The first kappa shape index (κ1) is 19.2. The number of carbonyl (C=O) groups excluding carboxylic acids is 2. The second kappa shape index (κ2) is 8.40. The van der Waals surface area contributed by atoms with Crippen LogP contribution in [0.5, 0.6) is 0 Å². The summed E-state index contributed by atoms with van der Waals surface area (Å²) in [7, 11) is 0. The third-order valence-corrected chi connectivity index (χ3v) is 6.74. The van der Waals surface area contributed by atoms with Gasteiger partial charge in [0.05, 0.1) is 5.92 Å². The van der Waals surface area contributed by atoms with Crippen molar-refractivity contribution in [2.24, 2.45) is 17.8 Å². The molecule has 2 saturated carbocycles. The monoisotopic (exact) mass is 364 g/mol. The Morgan fingerprint density at radius 3 is 2.15 bits per heavy atom. The number of carboxylic acids is 1. The van der Waals surface area contributed by atoms with E-state index in [0.29, 0.717) is 13.0 Å². The Bertz CT molecular complexity index is 536. The fourth-order valence-corrected chi connectivity index (χ4v) is 5.01. The number of hydrogen-bond donors (Lipinski definition) is 2. The Morgan fingerprint density at radius 1 is 0.885 bits per heavy atom. The quantitative estimate of drug-likeness (QED) is 0.803. The van der Waals surface area contributed by atoms with Crippen LogP contribution in [0.3, 0.4) is 0 Å². The van der Waals surface area contributed by atoms with E-state index in [1.165, 1.54) is 0 Å². The summed E-state index contributed by atoms with van der Waals surface area (Å²) in [6.07, 6.45) is 9.02. The van der Waals surface area contributed by atoms with Gasteiger partial charge in [0.2, 0.25) is 11.8 Å². The predicted octanol–water partition coefficient (Wildman–Crippen LogP) is 2.56. The fraction of sp³-hybridized carbons (Fsp3) is 0.850. The maximum atomic E-state index is 12.9. The number of carboxylic acid groups (broad SMARTS) is 1. The van der Waals surface area contributed by atoms with Gasteiger partial charge >= 0.3 is 5.97 Å². The van der Waals surface area contributed by atoms with Crippen molar-refractivity contribution in [3.63, 3.8) is 0 Å². The molecule has 3 fully saturated rings. The van der Waals surface area contributed by atoms with Gasteiger partial charge < -0.3 is 15.3 Å². The molecule has 2 amide bonds. The number of rotatable bonds is 4. The van der Waals surface area contributed by atoms with Gasteiger partial charge in [-0.3, -0.25) is 14.4 Å². The molecule has 0 spiro atoms. The lowest BCUT2D eigenvalue weighted by Crippen LogP contribution is -2.52. The highest BCUT2D eigenvalue weighted by molar-refractivity contribution is 5.81. The first-order valence-corrected chi connectivity index (χ1v) is 10.3. The summed E-state index contributed by atoms with van der Waals surface area (Å²) in [6, 6.07) is -0.0359. The summed E-state index contributed by atoms with van der Waals surface area (Å²) >= 11 is 0. The second-order valence-electron chi connectivity index (χ2n) is 8.40. The molecule has 2 atom stereocenters. The summed E-state index contributed by atoms with van der Waals surface area (Å²) in [5, 5.41) is 12.5. The summed E-state index contributed by atoms with van der Waals surface area (Å²) in [6.45, 7) is 2.53. The number of hydrogen-bond acceptors (Lipinski definition) is 3. The maximum absolute atomic E-state index is 12.9. The summed E-state index contributed by atoms with van der Waals surface area (Å²) in [5.74, 6) is -0.764. The molecule has 0 radical (unpaired) electrons. The minimum Gasteiger partial charge on any atom is -0.481 e. The molecular formula is C20H32N2O4. The zero-order valence-electron chi connectivity index (χ0n) is 15.8. The molecule has 2 aliphatic carbocycles. The van der Waals surface area contributed by atoms with Crippen LogP contribution >= 0.6 is 0 Å². The Kier molecular flexibility index (Phi) is 6.20. The van der Waals surface area contributed by atoms with Gasteiger partial charge in [-0.25, -0.2) is 0 Å². The lowest BCUT2D eigenvalue weighted by Gasteiger charge is -2.40. The lowest BCUT2D eigenvalue weighted by molar-refractivity contribution is -0.151. The van der Waals surface area contributed by atoms with E-state index < -0.39 is 11.9 Å². The number of nitrogens with zero attached hydrogens (tertiary/aromatic N) is 1. The van der Waals surface area contributed by atoms with E-state index in [2.05, 4.69) is 5.32 Å². The predicted molar refractivity (Wildman–Crippen MR) is 97.4 cm³/mol. The zero-order valence-corrected chi connectivity index (χ0v) is 15.8. The number of nitrogens with one attached hydrogen (secondary N) is 1. The molecular weight excluding hydrogens is 332 g/mol. The van der Waals surface area contributed by atoms with Gasteiger partial charge in [0.25, 0.3) is 0 Å². The van der Waals surface area contributed by atoms with Crippen molar-refractivity contribution < 1.29 is 19.5 Å². The molecule has 1 aliphatic heterocycles. The van der Waals surface area contributed by atoms with Crippen molar-refractivity contribution >= 4 is 17.8 Å². The molecule has 0 aromatic rings. The SMILES string of the molecule is C[C@@H]1[C@H](C(=O)O)CCCN1C(=O)C1CCC(NC(=O)C2CCCC2)CC1. The standard InChI is InChI=1S/C20H32N2O4/c1-13-17(20(25)26)7-4-12-22(13)19(24)15-8-10-16(11-9-15)21-18(23)14-5-2-3-6-14/h13-17H,2-12H2,1H3,(H,21,23)(H,25,26)/t13-,15?,16?,17-/m1/s1. The van der Waals surface area contributed by atoms with E-state index in [1.54, 1.807) is 4.90 Å². The molecule has 6 heteroatoms. The van der Waals surface area contributed by atoms with Gasteiger partial charge in [0.1, 0.15) is 0 Å². The Labute approximate surface area is 155 Å². The first-order valence-electron chi connectivity index (χ1n) is 10.3. The molecule has 146 valence electrons. The Hall–Kier alpha value is -1.59. The van der Waals surface area contributed by atoms with Crippen LogP contribution in [-0.2, 0) is 14.4 Å². The molecule has 1 saturated heterocycles. The van der Waals surface area contributed by atoms with Crippen LogP contribution in [-0.4, -0.2) is 46.4 Å². The molecule has 0 bridgehead atoms. The molecule has 0 aromatic carbocycles. The van der Waals surface area contributed by atoms with Crippen LogP contribution in [0.4, 0.5) is 0 Å². The Morgan fingerprint density at radius 2 is 1.54 bits per heavy atom. The van der Waals surface area contributed by atoms with Crippen molar-refractivity contribution in [3.8, 4) is 0 Å². The van der Waals surface area contributed by atoms with E-state index in [9.17, 15) is 19.5 Å². The minimum atomic E-state index is -0.798. The Balaban J connectivity index is 1.48. The van der Waals surface area contributed by atoms with E-state index in [4.69, 9.17) is 0 Å².